The zero-order valence-electron chi connectivity index (χ0n) is 11.0. The number of nitrogens with zero attached hydrogens (tertiary/aromatic N) is 3. The lowest BCUT2D eigenvalue weighted by molar-refractivity contribution is 0.0947. The Hall–Kier alpha value is -2.41. The van der Waals surface area contributed by atoms with Crippen molar-refractivity contribution in [2.24, 2.45) is 0 Å². The summed E-state index contributed by atoms with van der Waals surface area (Å²) in [6.45, 7) is 0.861. The van der Waals surface area contributed by atoms with Crippen molar-refractivity contribution in [2.45, 2.75) is 13.0 Å². The van der Waals surface area contributed by atoms with Gasteiger partial charge in [-0.2, -0.15) is 0 Å². The van der Waals surface area contributed by atoms with E-state index >= 15 is 0 Å². The second-order valence-electron chi connectivity index (χ2n) is 4.30. The van der Waals surface area contributed by atoms with E-state index in [1.54, 1.807) is 0 Å². The Morgan fingerprint density at radius 3 is 2.80 bits per heavy atom. The first kappa shape index (κ1) is 14.0. The number of amides is 1. The molecule has 7 nitrogen and oxygen atoms in total. The molecule has 0 saturated carbocycles. The number of aromatic nitrogens is 3. The molecule has 0 atom stereocenters. The standard InChI is InChI=1S/C13H17N5O2/c14-12-11(13(20)15-7-4-8-19)16-17-18(12)9-10-5-2-1-3-6-10/h1-3,5-6,19H,4,7-9,14H2,(H,15,20). The summed E-state index contributed by atoms with van der Waals surface area (Å²) in [7, 11) is 0. The molecule has 1 heterocycles. The average Bonchev–Trinajstić information content (AvgIpc) is 2.82. The van der Waals surface area contributed by atoms with E-state index in [1.807, 2.05) is 30.3 Å². The predicted octanol–water partition coefficient (Wildman–Crippen LogP) is 0.0208. The van der Waals surface area contributed by atoms with Gasteiger partial charge in [-0.05, 0) is 12.0 Å². The third-order valence-electron chi connectivity index (χ3n) is 2.78. The number of aliphatic hydroxyl groups excluding tert-OH is 1. The number of anilines is 1. The summed E-state index contributed by atoms with van der Waals surface area (Å²) < 4.78 is 1.48. The molecule has 0 aliphatic rings. The van der Waals surface area contributed by atoms with Gasteiger partial charge in [0.25, 0.3) is 5.91 Å². The molecule has 4 N–H and O–H groups in total. The molecule has 0 aliphatic carbocycles. The number of carbonyl (C=O) groups excluding carboxylic acids is 1. The van der Waals surface area contributed by atoms with Gasteiger partial charge in [-0.1, -0.05) is 35.5 Å². The highest BCUT2D eigenvalue weighted by Crippen LogP contribution is 2.10. The number of carbonyl (C=O) groups is 1. The summed E-state index contributed by atoms with van der Waals surface area (Å²) in [5, 5.41) is 19.0. The molecule has 20 heavy (non-hydrogen) atoms. The van der Waals surface area contributed by atoms with Crippen LogP contribution in [0.4, 0.5) is 5.82 Å². The Balaban J connectivity index is 2.05. The number of nitrogens with one attached hydrogen (secondary N) is 1. The lowest BCUT2D eigenvalue weighted by Gasteiger charge is -2.04. The van der Waals surface area contributed by atoms with E-state index in [2.05, 4.69) is 15.6 Å². The number of rotatable bonds is 6. The topological polar surface area (TPSA) is 106 Å². The highest BCUT2D eigenvalue weighted by molar-refractivity contribution is 5.96. The molecule has 0 spiro atoms. The van der Waals surface area contributed by atoms with E-state index in [1.165, 1.54) is 4.68 Å². The summed E-state index contributed by atoms with van der Waals surface area (Å²) in [6, 6.07) is 9.66. The Labute approximate surface area is 116 Å². The molecule has 1 aromatic carbocycles. The summed E-state index contributed by atoms with van der Waals surface area (Å²) in [5.41, 5.74) is 7.02. The second kappa shape index (κ2) is 6.67. The van der Waals surface area contributed by atoms with Crippen LogP contribution in [0.5, 0.6) is 0 Å². The van der Waals surface area contributed by atoms with Gasteiger partial charge in [-0.3, -0.25) is 4.79 Å². The molecule has 0 radical (unpaired) electrons. The Bertz CT molecular complexity index is 567. The van der Waals surface area contributed by atoms with Crippen LogP contribution in [0.3, 0.4) is 0 Å². The molecular formula is C13H17N5O2. The third-order valence-corrected chi connectivity index (χ3v) is 2.78. The van der Waals surface area contributed by atoms with Crippen LogP contribution < -0.4 is 11.1 Å². The maximum Gasteiger partial charge on any atom is 0.275 e. The van der Waals surface area contributed by atoms with Crippen molar-refractivity contribution in [2.75, 3.05) is 18.9 Å². The van der Waals surface area contributed by atoms with Crippen LogP contribution >= 0.6 is 0 Å². The van der Waals surface area contributed by atoms with E-state index in [9.17, 15) is 4.79 Å². The van der Waals surface area contributed by atoms with Gasteiger partial charge in [0.1, 0.15) is 0 Å². The van der Waals surface area contributed by atoms with Gasteiger partial charge >= 0.3 is 0 Å². The Morgan fingerprint density at radius 2 is 2.10 bits per heavy atom. The first-order valence-electron chi connectivity index (χ1n) is 6.34. The fraction of sp³-hybridized carbons (Fsp3) is 0.308. The van der Waals surface area contributed by atoms with E-state index in [0.29, 0.717) is 19.5 Å². The van der Waals surface area contributed by atoms with Gasteiger partial charge in [0.15, 0.2) is 11.5 Å². The van der Waals surface area contributed by atoms with E-state index in [0.717, 1.165) is 5.56 Å². The van der Waals surface area contributed by atoms with E-state index in [4.69, 9.17) is 10.8 Å². The molecule has 1 amide bonds. The molecule has 0 saturated heterocycles. The quantitative estimate of drug-likeness (QED) is 0.644. The van der Waals surface area contributed by atoms with Crippen LogP contribution in [0.2, 0.25) is 0 Å². The molecular weight excluding hydrogens is 258 g/mol. The number of hydrogen-bond acceptors (Lipinski definition) is 5. The SMILES string of the molecule is Nc1c(C(=O)NCCCO)nnn1Cc1ccccc1. The van der Waals surface area contributed by atoms with Crippen LogP contribution in [-0.2, 0) is 6.54 Å². The van der Waals surface area contributed by atoms with Crippen molar-refractivity contribution in [3.63, 3.8) is 0 Å². The lowest BCUT2D eigenvalue weighted by atomic mass is 10.2. The number of nitrogen functional groups attached to an aromatic ring is 1. The second-order valence-corrected chi connectivity index (χ2v) is 4.30. The van der Waals surface area contributed by atoms with Crippen molar-refractivity contribution in [1.29, 1.82) is 0 Å². The minimum absolute atomic E-state index is 0.0243. The maximum atomic E-state index is 11.8. The highest BCUT2D eigenvalue weighted by atomic mass is 16.3. The number of nitrogens with two attached hydrogens (primary N) is 1. The Morgan fingerprint density at radius 1 is 1.35 bits per heavy atom. The maximum absolute atomic E-state index is 11.8. The normalized spacial score (nSPS) is 10.4. The molecule has 106 valence electrons. The number of hydrogen-bond donors (Lipinski definition) is 3. The fourth-order valence-corrected chi connectivity index (χ4v) is 1.72. The zero-order chi connectivity index (χ0) is 14.4. The average molecular weight is 275 g/mol. The van der Waals surface area contributed by atoms with Crippen LogP contribution in [0.15, 0.2) is 30.3 Å². The molecule has 0 unspecified atom stereocenters. The van der Waals surface area contributed by atoms with Crippen molar-refractivity contribution in [3.05, 3.63) is 41.6 Å². The summed E-state index contributed by atoms with van der Waals surface area (Å²) in [4.78, 5) is 11.8. The van der Waals surface area contributed by atoms with Crippen LogP contribution in [0, 0.1) is 0 Å². The smallest absolute Gasteiger partial charge is 0.275 e. The van der Waals surface area contributed by atoms with E-state index in [-0.39, 0.29) is 24.0 Å². The Kier molecular flexibility index (Phi) is 4.67. The molecule has 0 fully saturated rings. The van der Waals surface area contributed by atoms with Gasteiger partial charge in [-0.25, -0.2) is 4.68 Å². The minimum atomic E-state index is -0.379. The molecule has 0 bridgehead atoms. The summed E-state index contributed by atoms with van der Waals surface area (Å²) in [5.74, 6) is -0.148. The number of benzene rings is 1. The van der Waals surface area contributed by atoms with Gasteiger partial charge in [-0.15, -0.1) is 5.10 Å². The highest BCUT2D eigenvalue weighted by Gasteiger charge is 2.16. The fourth-order valence-electron chi connectivity index (χ4n) is 1.72. The predicted molar refractivity (Wildman–Crippen MR) is 74.0 cm³/mol. The molecule has 1 aromatic heterocycles. The number of aliphatic hydroxyl groups is 1. The largest absolute Gasteiger partial charge is 0.396 e. The van der Waals surface area contributed by atoms with E-state index < -0.39 is 0 Å². The van der Waals surface area contributed by atoms with Gasteiger partial charge < -0.3 is 16.2 Å². The van der Waals surface area contributed by atoms with Crippen molar-refractivity contribution in [3.8, 4) is 0 Å². The molecule has 7 heteroatoms. The first-order chi connectivity index (χ1) is 9.72. The van der Waals surface area contributed by atoms with Crippen LogP contribution in [-0.4, -0.2) is 39.2 Å². The van der Waals surface area contributed by atoms with Crippen LogP contribution in [0.25, 0.3) is 0 Å². The van der Waals surface area contributed by atoms with Gasteiger partial charge in [0.05, 0.1) is 6.54 Å². The van der Waals surface area contributed by atoms with Crippen molar-refractivity contribution < 1.29 is 9.90 Å². The van der Waals surface area contributed by atoms with Crippen molar-refractivity contribution >= 4 is 11.7 Å². The first-order valence-corrected chi connectivity index (χ1v) is 6.34. The van der Waals surface area contributed by atoms with Crippen LogP contribution in [0.1, 0.15) is 22.5 Å². The molecule has 0 aliphatic heterocycles. The third kappa shape index (κ3) is 3.33. The molecule has 2 rings (SSSR count). The summed E-state index contributed by atoms with van der Waals surface area (Å²) >= 11 is 0. The van der Waals surface area contributed by atoms with Gasteiger partial charge in [0.2, 0.25) is 0 Å². The summed E-state index contributed by atoms with van der Waals surface area (Å²) in [6.07, 6.45) is 0.490. The lowest BCUT2D eigenvalue weighted by Crippen LogP contribution is -2.26. The van der Waals surface area contributed by atoms with Gasteiger partial charge in [0, 0.05) is 13.2 Å². The molecule has 2 aromatic rings. The monoisotopic (exact) mass is 275 g/mol. The minimum Gasteiger partial charge on any atom is -0.396 e. The van der Waals surface area contributed by atoms with Crippen molar-refractivity contribution in [1.82, 2.24) is 20.3 Å². The zero-order valence-corrected chi connectivity index (χ0v) is 11.0.